The summed E-state index contributed by atoms with van der Waals surface area (Å²) in [6.45, 7) is 2.86. The summed E-state index contributed by atoms with van der Waals surface area (Å²) in [5, 5.41) is 0. The minimum atomic E-state index is 0.719. The van der Waals surface area contributed by atoms with Gasteiger partial charge in [0.15, 0.2) is 0 Å². The third-order valence-electron chi connectivity index (χ3n) is 1.66. The van der Waals surface area contributed by atoms with Gasteiger partial charge >= 0.3 is 0 Å². The smallest absolute Gasteiger partial charge is 0.140 e. The summed E-state index contributed by atoms with van der Waals surface area (Å²) in [4.78, 5) is 6.31. The Morgan fingerprint density at radius 3 is 2.69 bits per heavy atom. The molecule has 0 amide bonds. The number of nitrogens with zero attached hydrogens (tertiary/aromatic N) is 2. The van der Waals surface area contributed by atoms with Crippen LogP contribution in [-0.4, -0.2) is 24.0 Å². The highest BCUT2D eigenvalue weighted by Gasteiger charge is 1.99. The molecule has 1 aromatic heterocycles. The summed E-state index contributed by atoms with van der Waals surface area (Å²) in [6, 6.07) is 4.01. The van der Waals surface area contributed by atoms with E-state index in [0.29, 0.717) is 0 Å². The molecule has 0 aliphatic heterocycles. The predicted octanol–water partition coefficient (Wildman–Crippen LogP) is 0.737. The summed E-state index contributed by atoms with van der Waals surface area (Å²) in [5.41, 5.74) is 4.74. The highest BCUT2D eigenvalue weighted by Crippen LogP contribution is 2.10. The molecule has 0 atom stereocenters. The Labute approximate surface area is 78.7 Å². The lowest BCUT2D eigenvalue weighted by Crippen LogP contribution is -2.13. The van der Waals surface area contributed by atoms with E-state index in [1.807, 2.05) is 27.1 Å². The zero-order chi connectivity index (χ0) is 9.84. The van der Waals surface area contributed by atoms with E-state index < -0.39 is 0 Å². The molecule has 0 aromatic carbocycles. The van der Waals surface area contributed by atoms with E-state index in [9.17, 15) is 0 Å². The maximum absolute atomic E-state index is 5.29. The van der Waals surface area contributed by atoms with E-state index in [4.69, 9.17) is 5.84 Å². The molecule has 1 rings (SSSR count). The molecule has 0 fully saturated rings. The normalized spacial score (nSPS) is 10.5. The van der Waals surface area contributed by atoms with E-state index in [-0.39, 0.29) is 0 Å². The van der Waals surface area contributed by atoms with Crippen molar-refractivity contribution < 1.29 is 0 Å². The summed E-state index contributed by atoms with van der Waals surface area (Å²) in [5.74, 6) is 6.01. The summed E-state index contributed by atoms with van der Waals surface area (Å²) in [6.07, 6.45) is 0. The van der Waals surface area contributed by atoms with Crippen molar-refractivity contribution in [2.45, 2.75) is 13.5 Å². The number of nitrogen functional groups attached to an aromatic ring is 1. The molecule has 4 nitrogen and oxygen atoms in total. The van der Waals surface area contributed by atoms with E-state index in [1.54, 1.807) is 0 Å². The number of pyridine rings is 1. The molecule has 1 aromatic rings. The Balaban J connectivity index is 2.88. The van der Waals surface area contributed by atoms with Crippen LogP contribution in [0, 0.1) is 6.92 Å². The first-order valence-electron chi connectivity index (χ1n) is 4.20. The number of nitrogens with one attached hydrogen (secondary N) is 1. The number of nitrogens with two attached hydrogens (primary N) is 1. The predicted molar refractivity (Wildman–Crippen MR) is 54.2 cm³/mol. The van der Waals surface area contributed by atoms with Crippen LogP contribution in [0.5, 0.6) is 0 Å². The molecule has 0 saturated carbocycles. The molecule has 1 heterocycles. The molecule has 3 N–H and O–H groups in total. The zero-order valence-electron chi connectivity index (χ0n) is 8.33. The largest absolute Gasteiger partial charge is 0.308 e. The Hall–Kier alpha value is -1.13. The molecule has 13 heavy (non-hydrogen) atoms. The fourth-order valence-electron chi connectivity index (χ4n) is 1.27. The highest BCUT2D eigenvalue weighted by atomic mass is 15.2. The number of anilines is 1. The van der Waals surface area contributed by atoms with Gasteiger partial charge in [-0.25, -0.2) is 10.8 Å². The van der Waals surface area contributed by atoms with E-state index in [1.165, 1.54) is 5.56 Å². The van der Waals surface area contributed by atoms with E-state index >= 15 is 0 Å². The van der Waals surface area contributed by atoms with Crippen LogP contribution in [0.3, 0.4) is 0 Å². The molecule has 0 aliphatic carbocycles. The zero-order valence-corrected chi connectivity index (χ0v) is 8.33. The topological polar surface area (TPSA) is 54.2 Å². The van der Waals surface area contributed by atoms with Gasteiger partial charge in [-0.2, -0.15) is 0 Å². The number of hydrazine groups is 1. The number of aryl methyl sites for hydroxylation is 1. The van der Waals surface area contributed by atoms with Gasteiger partial charge in [-0.05, 0) is 38.7 Å². The average Bonchev–Trinajstić information content (AvgIpc) is 2.01. The lowest BCUT2D eigenvalue weighted by Gasteiger charge is -2.11. The van der Waals surface area contributed by atoms with E-state index in [2.05, 4.69) is 21.4 Å². The van der Waals surface area contributed by atoms with Crippen LogP contribution in [0.4, 0.5) is 5.82 Å². The van der Waals surface area contributed by atoms with Crippen LogP contribution in [0.25, 0.3) is 0 Å². The van der Waals surface area contributed by atoms with Gasteiger partial charge in [-0.15, -0.1) is 0 Å². The van der Waals surface area contributed by atoms with Crippen LogP contribution >= 0.6 is 0 Å². The molecule has 0 aliphatic rings. The quantitative estimate of drug-likeness (QED) is 0.532. The highest BCUT2D eigenvalue weighted by molar-refractivity contribution is 5.38. The third kappa shape index (κ3) is 3.01. The molecular formula is C9H16N4. The molecular weight excluding hydrogens is 164 g/mol. The number of aromatic nitrogens is 1. The van der Waals surface area contributed by atoms with Crippen LogP contribution in [0.15, 0.2) is 12.1 Å². The summed E-state index contributed by atoms with van der Waals surface area (Å²) >= 11 is 0. The average molecular weight is 180 g/mol. The number of hydrogen-bond acceptors (Lipinski definition) is 4. The third-order valence-corrected chi connectivity index (χ3v) is 1.66. The first kappa shape index (κ1) is 9.95. The Morgan fingerprint density at radius 1 is 1.46 bits per heavy atom. The lowest BCUT2D eigenvalue weighted by atomic mass is 10.2. The van der Waals surface area contributed by atoms with Crippen LogP contribution in [0.1, 0.15) is 11.3 Å². The molecule has 72 valence electrons. The van der Waals surface area contributed by atoms with Crippen molar-refractivity contribution >= 4 is 5.82 Å². The van der Waals surface area contributed by atoms with Gasteiger partial charge in [0.2, 0.25) is 0 Å². The van der Waals surface area contributed by atoms with Gasteiger partial charge in [-0.1, -0.05) is 0 Å². The fraction of sp³-hybridized carbons (Fsp3) is 0.444. The first-order chi connectivity index (χ1) is 6.11. The number of rotatable bonds is 3. The maximum Gasteiger partial charge on any atom is 0.140 e. The van der Waals surface area contributed by atoms with Gasteiger partial charge in [0.25, 0.3) is 0 Å². The minimum Gasteiger partial charge on any atom is -0.308 e. The van der Waals surface area contributed by atoms with Crippen molar-refractivity contribution in [3.63, 3.8) is 0 Å². The molecule has 0 unspecified atom stereocenters. The fourth-order valence-corrected chi connectivity index (χ4v) is 1.27. The molecule has 0 radical (unpaired) electrons. The van der Waals surface area contributed by atoms with Crippen molar-refractivity contribution in [3.8, 4) is 0 Å². The van der Waals surface area contributed by atoms with Crippen molar-refractivity contribution in [2.75, 3.05) is 19.5 Å². The second-order valence-corrected chi connectivity index (χ2v) is 3.38. The first-order valence-corrected chi connectivity index (χ1v) is 4.20. The van der Waals surface area contributed by atoms with Gasteiger partial charge in [0.1, 0.15) is 5.82 Å². The van der Waals surface area contributed by atoms with Crippen molar-refractivity contribution in [1.82, 2.24) is 9.88 Å². The van der Waals surface area contributed by atoms with Crippen LogP contribution in [-0.2, 0) is 6.54 Å². The van der Waals surface area contributed by atoms with Gasteiger partial charge in [0, 0.05) is 12.2 Å². The monoisotopic (exact) mass is 180 g/mol. The summed E-state index contributed by atoms with van der Waals surface area (Å²) in [7, 11) is 4.07. The summed E-state index contributed by atoms with van der Waals surface area (Å²) < 4.78 is 0. The second kappa shape index (κ2) is 4.20. The maximum atomic E-state index is 5.29. The Morgan fingerprint density at radius 2 is 2.15 bits per heavy atom. The van der Waals surface area contributed by atoms with Crippen LogP contribution < -0.4 is 11.3 Å². The van der Waals surface area contributed by atoms with Gasteiger partial charge in [0.05, 0.1) is 0 Å². The Bertz CT molecular complexity index is 283. The second-order valence-electron chi connectivity index (χ2n) is 3.38. The van der Waals surface area contributed by atoms with Crippen molar-refractivity contribution in [2.24, 2.45) is 5.84 Å². The number of hydrogen-bond donors (Lipinski definition) is 2. The molecule has 0 bridgehead atoms. The van der Waals surface area contributed by atoms with Gasteiger partial charge < -0.3 is 10.3 Å². The van der Waals surface area contributed by atoms with E-state index in [0.717, 1.165) is 18.1 Å². The van der Waals surface area contributed by atoms with Crippen molar-refractivity contribution in [1.29, 1.82) is 0 Å². The molecule has 0 spiro atoms. The Kier molecular flexibility index (Phi) is 3.22. The standard InChI is InChI=1S/C9H16N4/c1-7-4-8(6-13(2)3)5-9(11-7)12-10/h4-5H,6,10H2,1-3H3,(H,11,12). The van der Waals surface area contributed by atoms with Crippen molar-refractivity contribution in [3.05, 3.63) is 23.4 Å². The minimum absolute atomic E-state index is 0.719. The van der Waals surface area contributed by atoms with Gasteiger partial charge in [-0.3, -0.25) is 0 Å². The molecule has 4 heteroatoms. The SMILES string of the molecule is Cc1cc(CN(C)C)cc(NN)n1. The van der Waals surface area contributed by atoms with Crippen LogP contribution in [0.2, 0.25) is 0 Å². The lowest BCUT2D eigenvalue weighted by molar-refractivity contribution is 0.402. The molecule has 0 saturated heterocycles.